The fourth-order valence-electron chi connectivity index (χ4n) is 2.74. The fourth-order valence-corrected chi connectivity index (χ4v) is 2.74. The highest BCUT2D eigenvalue weighted by molar-refractivity contribution is 5.87. The first-order valence-corrected chi connectivity index (χ1v) is 7.75. The third kappa shape index (κ3) is 3.33. The number of hydrogen-bond acceptors (Lipinski definition) is 7. The number of carboxylic acids is 2. The van der Waals surface area contributed by atoms with Gasteiger partial charge in [-0.2, -0.15) is 0 Å². The molecule has 0 fully saturated rings. The molecule has 26 heavy (non-hydrogen) atoms. The number of rotatable bonds is 7. The summed E-state index contributed by atoms with van der Waals surface area (Å²) in [4.78, 5) is 35.9. The SMILES string of the molecule is COc1cnc(-c2ccccn2)nc1C(O)(C(=O)O)C(C(=O)O)C(C)C. The van der Waals surface area contributed by atoms with Crippen LogP contribution in [0.3, 0.4) is 0 Å². The molecule has 2 rings (SSSR count). The van der Waals surface area contributed by atoms with Gasteiger partial charge in [0.05, 0.1) is 13.3 Å². The van der Waals surface area contributed by atoms with E-state index in [-0.39, 0.29) is 11.6 Å². The second-order valence-electron chi connectivity index (χ2n) is 5.96. The zero-order chi connectivity index (χ0) is 19.5. The zero-order valence-electron chi connectivity index (χ0n) is 14.4. The van der Waals surface area contributed by atoms with Crippen molar-refractivity contribution in [1.82, 2.24) is 15.0 Å². The number of nitrogens with zero attached hydrogens (tertiary/aromatic N) is 3. The summed E-state index contributed by atoms with van der Waals surface area (Å²) in [6.45, 7) is 3.00. The summed E-state index contributed by atoms with van der Waals surface area (Å²) in [5.41, 5.74) is -2.93. The predicted octanol–water partition coefficient (Wildman–Crippen LogP) is 1.18. The van der Waals surface area contributed by atoms with Gasteiger partial charge in [-0.3, -0.25) is 9.78 Å². The van der Waals surface area contributed by atoms with Crippen LogP contribution >= 0.6 is 0 Å². The summed E-state index contributed by atoms with van der Waals surface area (Å²) in [6.07, 6.45) is 2.68. The van der Waals surface area contributed by atoms with Gasteiger partial charge in [-0.25, -0.2) is 14.8 Å². The predicted molar refractivity (Wildman–Crippen MR) is 89.3 cm³/mol. The van der Waals surface area contributed by atoms with Crippen LogP contribution in [0.15, 0.2) is 30.6 Å². The Kier molecular flexibility index (Phi) is 5.51. The number of methoxy groups -OCH3 is 1. The van der Waals surface area contributed by atoms with Crippen LogP contribution in [0.2, 0.25) is 0 Å². The molecule has 0 spiro atoms. The van der Waals surface area contributed by atoms with Crippen LogP contribution in [0.1, 0.15) is 19.5 Å². The Morgan fingerprint density at radius 3 is 2.35 bits per heavy atom. The van der Waals surface area contributed by atoms with E-state index in [9.17, 15) is 24.9 Å². The zero-order valence-corrected chi connectivity index (χ0v) is 14.4. The third-order valence-corrected chi connectivity index (χ3v) is 3.94. The highest BCUT2D eigenvalue weighted by Crippen LogP contribution is 2.39. The molecule has 0 aliphatic rings. The molecular formula is C17H19N3O6. The Balaban J connectivity index is 2.75. The van der Waals surface area contributed by atoms with Crippen molar-refractivity contribution in [3.63, 3.8) is 0 Å². The second-order valence-corrected chi connectivity index (χ2v) is 5.96. The molecule has 0 aromatic carbocycles. The van der Waals surface area contributed by atoms with Crippen LogP contribution in [0.4, 0.5) is 0 Å². The van der Waals surface area contributed by atoms with Crippen molar-refractivity contribution in [3.8, 4) is 17.3 Å². The Hall–Kier alpha value is -3.07. The van der Waals surface area contributed by atoms with E-state index in [0.717, 1.165) is 0 Å². The summed E-state index contributed by atoms with van der Waals surface area (Å²) >= 11 is 0. The van der Waals surface area contributed by atoms with E-state index in [1.54, 1.807) is 18.2 Å². The number of ether oxygens (including phenoxy) is 1. The Bertz CT molecular complexity index is 811. The summed E-state index contributed by atoms with van der Waals surface area (Å²) in [7, 11) is 1.25. The minimum absolute atomic E-state index is 0.0361. The van der Waals surface area contributed by atoms with Crippen LogP contribution in [0.25, 0.3) is 11.5 Å². The first-order valence-electron chi connectivity index (χ1n) is 7.75. The lowest BCUT2D eigenvalue weighted by Gasteiger charge is -2.32. The molecule has 9 nitrogen and oxygen atoms in total. The molecule has 3 N–H and O–H groups in total. The summed E-state index contributed by atoms with van der Waals surface area (Å²) in [5, 5.41) is 30.2. The van der Waals surface area contributed by atoms with Crippen LogP contribution in [-0.2, 0) is 15.2 Å². The highest BCUT2D eigenvalue weighted by atomic mass is 16.5. The quantitative estimate of drug-likeness (QED) is 0.662. The van der Waals surface area contributed by atoms with Crippen molar-refractivity contribution in [3.05, 3.63) is 36.3 Å². The minimum Gasteiger partial charge on any atom is -0.493 e. The Morgan fingerprint density at radius 1 is 1.19 bits per heavy atom. The van der Waals surface area contributed by atoms with Gasteiger partial charge in [0.2, 0.25) is 5.60 Å². The molecule has 0 bridgehead atoms. The number of aromatic nitrogens is 3. The molecule has 2 aromatic rings. The average Bonchev–Trinajstić information content (AvgIpc) is 2.61. The molecule has 2 atom stereocenters. The van der Waals surface area contributed by atoms with Gasteiger partial charge < -0.3 is 20.1 Å². The van der Waals surface area contributed by atoms with E-state index in [1.165, 1.54) is 33.4 Å². The lowest BCUT2D eigenvalue weighted by atomic mass is 9.77. The van der Waals surface area contributed by atoms with Crippen LogP contribution in [0, 0.1) is 11.8 Å². The van der Waals surface area contributed by atoms with Crippen molar-refractivity contribution >= 4 is 11.9 Å². The minimum atomic E-state index is -2.82. The first-order chi connectivity index (χ1) is 12.2. The number of carbonyl (C=O) groups is 2. The van der Waals surface area contributed by atoms with Crippen molar-refractivity contribution in [1.29, 1.82) is 0 Å². The van der Waals surface area contributed by atoms with Gasteiger partial charge >= 0.3 is 11.9 Å². The lowest BCUT2D eigenvalue weighted by molar-refractivity contribution is -0.180. The topological polar surface area (TPSA) is 143 Å². The van der Waals surface area contributed by atoms with Crippen molar-refractivity contribution in [2.75, 3.05) is 7.11 Å². The standard InChI is InChI=1S/C17H19N3O6/c1-9(2)12(15(21)22)17(25,16(23)24)13-11(26-3)8-19-14(20-13)10-6-4-5-7-18-10/h4-9,12,25H,1-3H3,(H,21,22)(H,23,24). The molecule has 138 valence electrons. The fraction of sp³-hybridized carbons (Fsp3) is 0.353. The third-order valence-electron chi connectivity index (χ3n) is 3.94. The van der Waals surface area contributed by atoms with E-state index >= 15 is 0 Å². The van der Waals surface area contributed by atoms with Gasteiger partial charge in [0, 0.05) is 6.20 Å². The summed E-state index contributed by atoms with van der Waals surface area (Å²) < 4.78 is 5.08. The number of pyridine rings is 1. The maximum Gasteiger partial charge on any atom is 0.343 e. The molecule has 0 aliphatic heterocycles. The van der Waals surface area contributed by atoms with Gasteiger partial charge in [-0.05, 0) is 18.1 Å². The van der Waals surface area contributed by atoms with Crippen molar-refractivity contribution in [2.24, 2.45) is 11.8 Å². The molecule has 0 radical (unpaired) electrons. The Morgan fingerprint density at radius 2 is 1.88 bits per heavy atom. The monoisotopic (exact) mass is 361 g/mol. The molecule has 2 aromatic heterocycles. The van der Waals surface area contributed by atoms with Gasteiger partial charge in [0.1, 0.15) is 17.3 Å². The van der Waals surface area contributed by atoms with Crippen LogP contribution in [-0.4, -0.2) is 49.3 Å². The van der Waals surface area contributed by atoms with Crippen molar-refractivity contribution < 1.29 is 29.6 Å². The first kappa shape index (κ1) is 19.3. The number of aliphatic carboxylic acids is 2. The van der Waals surface area contributed by atoms with E-state index in [2.05, 4.69) is 15.0 Å². The maximum atomic E-state index is 11.9. The van der Waals surface area contributed by atoms with Crippen molar-refractivity contribution in [2.45, 2.75) is 19.4 Å². The smallest absolute Gasteiger partial charge is 0.343 e. The molecule has 0 saturated carbocycles. The van der Waals surface area contributed by atoms with E-state index in [0.29, 0.717) is 5.69 Å². The highest BCUT2D eigenvalue weighted by Gasteiger charge is 2.54. The summed E-state index contributed by atoms with van der Waals surface area (Å²) in [5.74, 6) is -5.69. The lowest BCUT2D eigenvalue weighted by Crippen LogP contribution is -2.49. The van der Waals surface area contributed by atoms with E-state index in [4.69, 9.17) is 4.74 Å². The average molecular weight is 361 g/mol. The molecule has 0 saturated heterocycles. The van der Waals surface area contributed by atoms with Crippen LogP contribution < -0.4 is 4.74 Å². The van der Waals surface area contributed by atoms with E-state index in [1.807, 2.05) is 0 Å². The normalized spacial score (nSPS) is 14.5. The van der Waals surface area contributed by atoms with Gasteiger partial charge in [0.15, 0.2) is 11.6 Å². The number of hydrogen-bond donors (Lipinski definition) is 3. The largest absolute Gasteiger partial charge is 0.493 e. The molecule has 9 heteroatoms. The van der Waals surface area contributed by atoms with Gasteiger partial charge in [-0.1, -0.05) is 19.9 Å². The number of carboxylic acid groups (broad SMARTS) is 2. The van der Waals surface area contributed by atoms with E-state index < -0.39 is 35.1 Å². The second kappa shape index (κ2) is 7.44. The van der Waals surface area contributed by atoms with Gasteiger partial charge in [0.25, 0.3) is 0 Å². The molecule has 2 heterocycles. The summed E-state index contributed by atoms with van der Waals surface area (Å²) in [6, 6.07) is 4.97. The molecule has 0 amide bonds. The molecule has 0 aliphatic carbocycles. The maximum absolute atomic E-state index is 11.9. The Labute approximate surface area is 149 Å². The molecule has 2 unspecified atom stereocenters. The molecular weight excluding hydrogens is 342 g/mol. The van der Waals surface area contributed by atoms with Gasteiger partial charge in [-0.15, -0.1) is 0 Å². The number of aliphatic hydroxyl groups is 1. The van der Waals surface area contributed by atoms with Crippen LogP contribution in [0.5, 0.6) is 5.75 Å².